The molecule has 1 aliphatic heterocycles. The summed E-state index contributed by atoms with van der Waals surface area (Å²) < 4.78 is 0. The van der Waals surface area contributed by atoms with E-state index in [1.54, 1.807) is 0 Å². The highest BCUT2D eigenvalue weighted by Gasteiger charge is 2.26. The number of nitrogens with zero attached hydrogens (tertiary/aromatic N) is 1. The molecule has 0 saturated carbocycles. The van der Waals surface area contributed by atoms with Gasteiger partial charge in [0.1, 0.15) is 0 Å². The van der Waals surface area contributed by atoms with Crippen LogP contribution in [0.4, 0.5) is 0 Å². The monoisotopic (exact) mass is 359 g/mol. The molecule has 132 valence electrons. The number of halogens is 1. The van der Waals surface area contributed by atoms with E-state index in [9.17, 15) is 4.79 Å². The number of nitrogens with two attached hydrogens (primary N) is 1. The Bertz CT molecular complexity index is 498. The highest BCUT2D eigenvalue weighted by atomic mass is 35.5. The first-order chi connectivity index (χ1) is 10.4. The SMILES string of the molecule is CC(C)(C)c1ccc(CN2CCCC(C(=O)NCCN)C2)s1.Cl. The molecule has 1 atom stereocenters. The fourth-order valence-corrected chi connectivity index (χ4v) is 3.95. The molecule has 2 heterocycles. The number of hydrogen-bond donors (Lipinski definition) is 2. The van der Waals surface area contributed by atoms with Crippen LogP contribution in [-0.2, 0) is 16.8 Å². The van der Waals surface area contributed by atoms with Crippen molar-refractivity contribution >= 4 is 29.7 Å². The maximum Gasteiger partial charge on any atom is 0.224 e. The van der Waals surface area contributed by atoms with E-state index in [0.717, 1.165) is 32.5 Å². The van der Waals surface area contributed by atoms with Crippen LogP contribution < -0.4 is 11.1 Å². The summed E-state index contributed by atoms with van der Waals surface area (Å²) in [6.07, 6.45) is 2.09. The van der Waals surface area contributed by atoms with Gasteiger partial charge >= 0.3 is 0 Å². The quantitative estimate of drug-likeness (QED) is 0.849. The summed E-state index contributed by atoms with van der Waals surface area (Å²) in [4.78, 5) is 17.3. The Hall–Kier alpha value is -0.620. The van der Waals surface area contributed by atoms with Gasteiger partial charge in [0.2, 0.25) is 5.91 Å². The lowest BCUT2D eigenvalue weighted by Gasteiger charge is -2.31. The van der Waals surface area contributed by atoms with E-state index in [0.29, 0.717) is 13.1 Å². The Morgan fingerprint density at radius 3 is 2.78 bits per heavy atom. The van der Waals surface area contributed by atoms with E-state index in [1.807, 2.05) is 11.3 Å². The second kappa shape index (κ2) is 9.02. The van der Waals surface area contributed by atoms with Gasteiger partial charge in [-0.25, -0.2) is 0 Å². The van der Waals surface area contributed by atoms with Crippen LogP contribution in [0.3, 0.4) is 0 Å². The van der Waals surface area contributed by atoms with E-state index in [2.05, 4.69) is 43.1 Å². The summed E-state index contributed by atoms with van der Waals surface area (Å²) in [5, 5.41) is 2.92. The van der Waals surface area contributed by atoms with Crippen LogP contribution in [0.5, 0.6) is 0 Å². The first-order valence-corrected chi connectivity index (χ1v) is 9.01. The highest BCUT2D eigenvalue weighted by Crippen LogP contribution is 2.30. The Morgan fingerprint density at radius 1 is 1.43 bits per heavy atom. The van der Waals surface area contributed by atoms with Crippen LogP contribution in [0.15, 0.2) is 12.1 Å². The maximum absolute atomic E-state index is 12.1. The molecule has 0 aromatic carbocycles. The third kappa shape index (κ3) is 6.07. The second-order valence-electron chi connectivity index (χ2n) is 7.17. The van der Waals surface area contributed by atoms with Gasteiger partial charge in [0, 0.05) is 35.9 Å². The van der Waals surface area contributed by atoms with Gasteiger partial charge in [-0.3, -0.25) is 9.69 Å². The molecular weight excluding hydrogens is 330 g/mol. The number of nitrogens with one attached hydrogen (secondary N) is 1. The molecule has 0 radical (unpaired) electrons. The van der Waals surface area contributed by atoms with Crippen molar-refractivity contribution in [2.45, 2.75) is 45.6 Å². The van der Waals surface area contributed by atoms with E-state index < -0.39 is 0 Å². The predicted octanol–water partition coefficient (Wildman–Crippen LogP) is 2.75. The number of thiophene rings is 1. The average Bonchev–Trinajstić information content (AvgIpc) is 2.93. The largest absolute Gasteiger partial charge is 0.355 e. The lowest BCUT2D eigenvalue weighted by atomic mass is 9.95. The standard InChI is InChI=1S/C17H29N3OS.ClH/c1-17(2,3)15-7-6-14(22-15)12-20-10-4-5-13(11-20)16(21)19-9-8-18;/h6-7,13H,4-5,8-12,18H2,1-3H3,(H,19,21);1H. The number of likely N-dealkylation sites (tertiary alicyclic amines) is 1. The molecule has 4 nitrogen and oxygen atoms in total. The number of piperidine rings is 1. The Morgan fingerprint density at radius 2 is 2.17 bits per heavy atom. The highest BCUT2D eigenvalue weighted by molar-refractivity contribution is 7.12. The summed E-state index contributed by atoms with van der Waals surface area (Å²) in [5.41, 5.74) is 5.67. The van der Waals surface area contributed by atoms with Crippen molar-refractivity contribution in [1.29, 1.82) is 0 Å². The molecule has 0 aliphatic carbocycles. The molecule has 6 heteroatoms. The van der Waals surface area contributed by atoms with Crippen LogP contribution in [0.2, 0.25) is 0 Å². The fourth-order valence-electron chi connectivity index (χ4n) is 2.84. The maximum atomic E-state index is 12.1. The van der Waals surface area contributed by atoms with E-state index in [-0.39, 0.29) is 29.6 Å². The zero-order valence-electron chi connectivity index (χ0n) is 14.4. The molecular formula is C17H30ClN3OS. The molecule has 1 aromatic heterocycles. The number of rotatable bonds is 5. The molecule has 1 fully saturated rings. The number of carbonyl (C=O) groups is 1. The molecule has 1 saturated heterocycles. The number of hydrogen-bond acceptors (Lipinski definition) is 4. The summed E-state index contributed by atoms with van der Waals surface area (Å²) in [5.74, 6) is 0.277. The van der Waals surface area contributed by atoms with Gasteiger partial charge in [0.25, 0.3) is 0 Å². The van der Waals surface area contributed by atoms with Gasteiger partial charge < -0.3 is 11.1 Å². The first-order valence-electron chi connectivity index (χ1n) is 8.19. The van der Waals surface area contributed by atoms with Crippen LogP contribution in [-0.4, -0.2) is 37.0 Å². The summed E-state index contributed by atoms with van der Waals surface area (Å²) in [6, 6.07) is 4.48. The van der Waals surface area contributed by atoms with Gasteiger partial charge in [0.15, 0.2) is 0 Å². The van der Waals surface area contributed by atoms with E-state index >= 15 is 0 Å². The minimum atomic E-state index is 0. The zero-order chi connectivity index (χ0) is 16.2. The van der Waals surface area contributed by atoms with E-state index in [4.69, 9.17) is 5.73 Å². The lowest BCUT2D eigenvalue weighted by Crippen LogP contribution is -2.43. The van der Waals surface area contributed by atoms with Crippen LogP contribution in [0.25, 0.3) is 0 Å². The van der Waals surface area contributed by atoms with Crippen molar-refractivity contribution in [3.63, 3.8) is 0 Å². The van der Waals surface area contributed by atoms with Gasteiger partial charge in [-0.2, -0.15) is 0 Å². The van der Waals surface area contributed by atoms with Gasteiger partial charge in [-0.15, -0.1) is 23.7 Å². The molecule has 1 aromatic rings. The Labute approximate surface area is 150 Å². The van der Waals surface area contributed by atoms with Crippen molar-refractivity contribution in [2.24, 2.45) is 11.7 Å². The predicted molar refractivity (Wildman–Crippen MR) is 100 cm³/mol. The van der Waals surface area contributed by atoms with Crippen LogP contribution in [0.1, 0.15) is 43.4 Å². The summed E-state index contributed by atoms with van der Waals surface area (Å²) in [7, 11) is 0. The Balaban J connectivity index is 0.00000264. The minimum Gasteiger partial charge on any atom is -0.355 e. The van der Waals surface area contributed by atoms with Crippen molar-refractivity contribution in [3.8, 4) is 0 Å². The first kappa shape index (κ1) is 20.4. The number of carbonyl (C=O) groups excluding carboxylic acids is 1. The Kier molecular flexibility index (Phi) is 8.01. The topological polar surface area (TPSA) is 58.4 Å². The van der Waals surface area contributed by atoms with Crippen molar-refractivity contribution in [1.82, 2.24) is 10.2 Å². The minimum absolute atomic E-state index is 0. The van der Waals surface area contributed by atoms with Gasteiger partial charge in [-0.05, 0) is 36.9 Å². The molecule has 2 rings (SSSR count). The number of amides is 1. The molecule has 3 N–H and O–H groups in total. The molecule has 1 amide bonds. The normalized spacial score (nSPS) is 19.2. The van der Waals surface area contributed by atoms with Gasteiger partial charge in [0.05, 0.1) is 5.92 Å². The smallest absolute Gasteiger partial charge is 0.224 e. The van der Waals surface area contributed by atoms with Crippen molar-refractivity contribution in [3.05, 3.63) is 21.9 Å². The fraction of sp³-hybridized carbons (Fsp3) is 0.706. The van der Waals surface area contributed by atoms with Crippen molar-refractivity contribution < 1.29 is 4.79 Å². The van der Waals surface area contributed by atoms with Crippen LogP contribution in [0, 0.1) is 5.92 Å². The average molecular weight is 360 g/mol. The third-order valence-corrected chi connectivity index (χ3v) is 5.60. The third-order valence-electron chi connectivity index (χ3n) is 4.10. The van der Waals surface area contributed by atoms with Crippen LogP contribution >= 0.6 is 23.7 Å². The molecule has 0 spiro atoms. The zero-order valence-corrected chi connectivity index (χ0v) is 16.1. The van der Waals surface area contributed by atoms with E-state index in [1.165, 1.54) is 9.75 Å². The molecule has 0 bridgehead atoms. The molecule has 1 aliphatic rings. The second-order valence-corrected chi connectivity index (χ2v) is 8.34. The summed E-state index contributed by atoms with van der Waals surface area (Å²) in [6.45, 7) is 10.7. The lowest BCUT2D eigenvalue weighted by molar-refractivity contribution is -0.126. The van der Waals surface area contributed by atoms with Crippen molar-refractivity contribution in [2.75, 3.05) is 26.2 Å². The molecule has 1 unspecified atom stereocenters. The molecule has 23 heavy (non-hydrogen) atoms. The van der Waals surface area contributed by atoms with Gasteiger partial charge in [-0.1, -0.05) is 20.8 Å². The summed E-state index contributed by atoms with van der Waals surface area (Å²) >= 11 is 1.90.